The molecule has 9 nitrogen and oxygen atoms in total. The van der Waals surface area contributed by atoms with Crippen LogP contribution in [0.3, 0.4) is 0 Å². The molecule has 5 rings (SSSR count). The number of furan rings is 1. The number of aryl methyl sites for hydroxylation is 1. The van der Waals surface area contributed by atoms with E-state index in [9.17, 15) is 9.59 Å². The number of fused-ring (bicyclic) bond motifs is 1. The van der Waals surface area contributed by atoms with Crippen molar-refractivity contribution in [1.29, 1.82) is 5.41 Å². The second-order valence-corrected chi connectivity index (χ2v) is 9.74. The summed E-state index contributed by atoms with van der Waals surface area (Å²) < 4.78 is 18.0. The molecule has 1 aromatic carbocycles. The Morgan fingerprint density at radius 1 is 1.24 bits per heavy atom. The number of carbonyl (C=O) groups is 2. The zero-order valence-corrected chi connectivity index (χ0v) is 21.4. The Hall–Kier alpha value is -3.85. The molecule has 0 aliphatic carbocycles. The molecule has 2 saturated heterocycles. The van der Waals surface area contributed by atoms with Crippen molar-refractivity contribution in [1.82, 2.24) is 15.2 Å². The van der Waals surface area contributed by atoms with Crippen LogP contribution in [0.1, 0.15) is 63.4 Å². The molecular weight excluding hydrogens is 472 g/mol. The van der Waals surface area contributed by atoms with Crippen LogP contribution in [0.25, 0.3) is 16.7 Å². The lowest BCUT2D eigenvalue weighted by molar-refractivity contribution is -0.0446. The summed E-state index contributed by atoms with van der Waals surface area (Å²) in [4.78, 5) is 30.8. The van der Waals surface area contributed by atoms with E-state index in [0.717, 1.165) is 44.1 Å². The smallest absolute Gasteiger partial charge is 0.255 e. The van der Waals surface area contributed by atoms with Crippen molar-refractivity contribution in [3.05, 3.63) is 58.6 Å². The standard InChI is InChI=1S/C28H32N4O5/c1-17-21(27(34)32-12-4-9-28(16-32)10-5-13-35-28)15-31-25(17)22(8-11-29)37-19-6-7-20-23(14-19)36-18(2)24(20)26(33)30-3/h6-8,11,14-15,29,31H,4-5,9-10,12-13,16H2,1-3H3,(H,30,33)/b22-8+,29-11?. The molecule has 0 bridgehead atoms. The van der Waals surface area contributed by atoms with Gasteiger partial charge in [0, 0.05) is 56.7 Å². The van der Waals surface area contributed by atoms with Gasteiger partial charge in [0.2, 0.25) is 0 Å². The molecule has 2 aliphatic heterocycles. The number of rotatable bonds is 6. The minimum atomic E-state index is -0.215. The van der Waals surface area contributed by atoms with Gasteiger partial charge in [-0.05, 0) is 57.2 Å². The van der Waals surface area contributed by atoms with Gasteiger partial charge >= 0.3 is 0 Å². The summed E-state index contributed by atoms with van der Waals surface area (Å²) in [5, 5.41) is 11.0. The fourth-order valence-corrected chi connectivity index (χ4v) is 5.53. The molecule has 1 atom stereocenters. The molecule has 194 valence electrons. The van der Waals surface area contributed by atoms with Crippen molar-refractivity contribution in [2.75, 3.05) is 26.7 Å². The summed E-state index contributed by atoms with van der Waals surface area (Å²) in [6, 6.07) is 5.24. The number of hydrogen-bond donors (Lipinski definition) is 3. The largest absolute Gasteiger partial charge is 0.460 e. The lowest BCUT2D eigenvalue weighted by Crippen LogP contribution is -2.50. The van der Waals surface area contributed by atoms with E-state index in [1.165, 1.54) is 6.08 Å². The van der Waals surface area contributed by atoms with E-state index in [-0.39, 0.29) is 17.4 Å². The van der Waals surface area contributed by atoms with E-state index in [1.807, 2.05) is 11.8 Å². The van der Waals surface area contributed by atoms with Crippen LogP contribution in [0.5, 0.6) is 5.75 Å². The first-order chi connectivity index (χ1) is 17.9. The summed E-state index contributed by atoms with van der Waals surface area (Å²) in [5.41, 5.74) is 2.77. The topological polar surface area (TPSA) is 121 Å². The predicted octanol–water partition coefficient (Wildman–Crippen LogP) is 4.59. The molecule has 2 aliphatic rings. The highest BCUT2D eigenvalue weighted by Crippen LogP contribution is 2.36. The maximum Gasteiger partial charge on any atom is 0.255 e. The number of ether oxygens (including phenoxy) is 2. The molecule has 1 unspecified atom stereocenters. The summed E-state index contributed by atoms with van der Waals surface area (Å²) in [5.74, 6) is 1.16. The maximum atomic E-state index is 13.5. The summed E-state index contributed by atoms with van der Waals surface area (Å²) in [6.45, 7) is 5.72. The fraction of sp³-hybridized carbons (Fsp3) is 0.393. The van der Waals surface area contributed by atoms with Crippen molar-refractivity contribution < 1.29 is 23.5 Å². The number of amides is 2. The van der Waals surface area contributed by atoms with Crippen LogP contribution in [-0.4, -0.2) is 60.3 Å². The van der Waals surface area contributed by atoms with Crippen molar-refractivity contribution >= 4 is 34.8 Å². The number of aromatic amines is 1. The number of benzene rings is 1. The normalized spacial score (nSPS) is 20.0. The molecule has 2 amide bonds. The van der Waals surface area contributed by atoms with Gasteiger partial charge in [-0.25, -0.2) is 0 Å². The summed E-state index contributed by atoms with van der Waals surface area (Å²) >= 11 is 0. The molecule has 37 heavy (non-hydrogen) atoms. The molecule has 3 N–H and O–H groups in total. The zero-order chi connectivity index (χ0) is 26.2. The number of nitrogens with one attached hydrogen (secondary N) is 3. The number of H-pyrrole nitrogens is 1. The zero-order valence-electron chi connectivity index (χ0n) is 21.4. The Morgan fingerprint density at radius 2 is 2.05 bits per heavy atom. The van der Waals surface area contributed by atoms with E-state index >= 15 is 0 Å². The van der Waals surface area contributed by atoms with Gasteiger partial charge in [0.05, 0.1) is 22.4 Å². The highest BCUT2D eigenvalue weighted by molar-refractivity contribution is 6.07. The SMILES string of the molecule is CNC(=O)c1c(C)oc2cc(O/C(=C/C=N)c3[nH]cc(C(=O)N4CCCC5(CCCO5)C4)c3C)ccc12. The molecular formula is C28H32N4O5. The third-order valence-electron chi connectivity index (χ3n) is 7.38. The van der Waals surface area contributed by atoms with Gasteiger partial charge in [-0.2, -0.15) is 0 Å². The molecule has 0 saturated carbocycles. The molecule has 9 heteroatoms. The van der Waals surface area contributed by atoms with E-state index in [0.29, 0.717) is 58.1 Å². The molecule has 2 fully saturated rings. The fourth-order valence-electron chi connectivity index (χ4n) is 5.53. The molecule has 1 spiro atoms. The van der Waals surface area contributed by atoms with Gasteiger partial charge in [-0.1, -0.05) is 0 Å². The van der Waals surface area contributed by atoms with Crippen LogP contribution in [0.15, 0.2) is 34.9 Å². The number of piperidine rings is 1. The third-order valence-corrected chi connectivity index (χ3v) is 7.38. The molecule has 2 aromatic heterocycles. The second-order valence-electron chi connectivity index (χ2n) is 9.74. The number of carbonyl (C=O) groups excluding carboxylic acids is 2. The first-order valence-electron chi connectivity index (χ1n) is 12.6. The molecule has 3 aromatic rings. The number of hydrogen-bond acceptors (Lipinski definition) is 6. The van der Waals surface area contributed by atoms with Crippen LogP contribution in [-0.2, 0) is 4.74 Å². The van der Waals surface area contributed by atoms with Crippen molar-refractivity contribution in [3.63, 3.8) is 0 Å². The number of aromatic nitrogens is 1. The van der Waals surface area contributed by atoms with Crippen LogP contribution in [0.2, 0.25) is 0 Å². The molecule has 4 heterocycles. The first-order valence-corrected chi connectivity index (χ1v) is 12.6. The third kappa shape index (κ3) is 4.55. The minimum Gasteiger partial charge on any atom is -0.460 e. The van der Waals surface area contributed by atoms with Gasteiger partial charge < -0.3 is 34.5 Å². The Bertz CT molecular complexity index is 1390. The van der Waals surface area contributed by atoms with Crippen LogP contribution < -0.4 is 10.1 Å². The van der Waals surface area contributed by atoms with Gasteiger partial charge in [-0.3, -0.25) is 9.59 Å². The highest BCUT2D eigenvalue weighted by atomic mass is 16.5. The Morgan fingerprint density at radius 3 is 2.78 bits per heavy atom. The summed E-state index contributed by atoms with van der Waals surface area (Å²) in [6.07, 6.45) is 8.35. The monoisotopic (exact) mass is 504 g/mol. The van der Waals surface area contributed by atoms with E-state index in [1.54, 1.807) is 38.4 Å². The lowest BCUT2D eigenvalue weighted by atomic mass is 9.89. The van der Waals surface area contributed by atoms with Crippen molar-refractivity contribution in [3.8, 4) is 5.75 Å². The highest BCUT2D eigenvalue weighted by Gasteiger charge is 2.41. The van der Waals surface area contributed by atoms with Crippen LogP contribution in [0.4, 0.5) is 0 Å². The second kappa shape index (κ2) is 9.89. The lowest BCUT2D eigenvalue weighted by Gasteiger charge is -2.39. The minimum absolute atomic E-state index is 0.0296. The Labute approximate surface area is 215 Å². The predicted molar refractivity (Wildman–Crippen MR) is 140 cm³/mol. The quantitative estimate of drug-likeness (QED) is 0.335. The Balaban J connectivity index is 1.39. The summed E-state index contributed by atoms with van der Waals surface area (Å²) in [7, 11) is 1.58. The van der Waals surface area contributed by atoms with Gasteiger partial charge in [0.15, 0.2) is 5.76 Å². The van der Waals surface area contributed by atoms with E-state index < -0.39 is 0 Å². The van der Waals surface area contributed by atoms with Crippen molar-refractivity contribution in [2.24, 2.45) is 0 Å². The average Bonchev–Trinajstić information content (AvgIpc) is 3.59. The first kappa shape index (κ1) is 24.8. The Kier molecular flexibility index (Phi) is 6.64. The number of nitrogens with zero attached hydrogens (tertiary/aromatic N) is 1. The van der Waals surface area contributed by atoms with Gasteiger partial charge in [-0.15, -0.1) is 0 Å². The van der Waals surface area contributed by atoms with Crippen LogP contribution in [0, 0.1) is 19.3 Å². The maximum absolute atomic E-state index is 13.5. The molecule has 0 radical (unpaired) electrons. The number of likely N-dealkylation sites (tertiary alicyclic amines) is 1. The average molecular weight is 505 g/mol. The van der Waals surface area contributed by atoms with E-state index in [4.69, 9.17) is 19.3 Å². The van der Waals surface area contributed by atoms with Gasteiger partial charge in [0.25, 0.3) is 11.8 Å². The number of allylic oxidation sites excluding steroid dienone is 1. The van der Waals surface area contributed by atoms with Crippen molar-refractivity contribution in [2.45, 2.75) is 45.1 Å². The van der Waals surface area contributed by atoms with E-state index in [2.05, 4.69) is 10.3 Å². The van der Waals surface area contributed by atoms with Gasteiger partial charge in [0.1, 0.15) is 17.1 Å². The van der Waals surface area contributed by atoms with Crippen LogP contribution >= 0.6 is 0 Å².